The van der Waals surface area contributed by atoms with E-state index in [1.54, 1.807) is 50.5 Å². The van der Waals surface area contributed by atoms with Crippen molar-refractivity contribution in [3.8, 4) is 17.2 Å². The van der Waals surface area contributed by atoms with Crippen LogP contribution in [0.1, 0.15) is 11.1 Å². The molecule has 0 aliphatic carbocycles. The molecule has 174 valence electrons. The molecule has 8 heteroatoms. The van der Waals surface area contributed by atoms with E-state index in [0.717, 1.165) is 21.3 Å². The summed E-state index contributed by atoms with van der Waals surface area (Å²) in [5.74, 6) is 1.22. The Kier molecular flexibility index (Phi) is 7.05. The minimum Gasteiger partial charge on any atom is -0.493 e. The summed E-state index contributed by atoms with van der Waals surface area (Å²) >= 11 is 7.83. The van der Waals surface area contributed by atoms with Crippen molar-refractivity contribution < 1.29 is 19.0 Å². The topological polar surface area (TPSA) is 60.9 Å². The summed E-state index contributed by atoms with van der Waals surface area (Å²) in [4.78, 5) is 19.9. The standard InChI is InChI=1S/C26H23ClN2O4S/c1-16-18(27)8-7-10-20(16)29(26-28-19-9-5-6-11-23(19)34-26)24(30)13-12-17-14-21(31-2)25(33-4)22(15-17)32-3/h5-15H,1-4H3. The van der Waals surface area contributed by atoms with Crippen LogP contribution in [-0.4, -0.2) is 32.2 Å². The highest BCUT2D eigenvalue weighted by atomic mass is 35.5. The fourth-order valence-corrected chi connectivity index (χ4v) is 4.70. The first kappa shape index (κ1) is 23.6. The largest absolute Gasteiger partial charge is 0.493 e. The number of aromatic nitrogens is 1. The number of benzene rings is 3. The zero-order valence-corrected chi connectivity index (χ0v) is 20.7. The van der Waals surface area contributed by atoms with Crippen LogP contribution < -0.4 is 19.1 Å². The molecule has 0 saturated heterocycles. The molecule has 0 fully saturated rings. The number of para-hydroxylation sites is 1. The van der Waals surface area contributed by atoms with Crippen LogP contribution in [0.25, 0.3) is 16.3 Å². The smallest absolute Gasteiger partial charge is 0.257 e. The van der Waals surface area contributed by atoms with E-state index in [2.05, 4.69) is 0 Å². The number of carbonyl (C=O) groups is 1. The summed E-state index contributed by atoms with van der Waals surface area (Å²) in [5.41, 5.74) is 3.01. The van der Waals surface area contributed by atoms with Gasteiger partial charge < -0.3 is 14.2 Å². The molecule has 1 aromatic heterocycles. The van der Waals surface area contributed by atoms with Crippen molar-refractivity contribution in [2.75, 3.05) is 26.2 Å². The van der Waals surface area contributed by atoms with Gasteiger partial charge in [-0.1, -0.05) is 41.1 Å². The summed E-state index contributed by atoms with van der Waals surface area (Å²) in [6.07, 6.45) is 3.19. The Balaban J connectivity index is 1.77. The minimum atomic E-state index is -0.266. The van der Waals surface area contributed by atoms with Gasteiger partial charge in [0.1, 0.15) is 0 Å². The van der Waals surface area contributed by atoms with Gasteiger partial charge in [0.05, 0.1) is 37.2 Å². The Labute approximate surface area is 207 Å². The van der Waals surface area contributed by atoms with Gasteiger partial charge in [0, 0.05) is 11.1 Å². The van der Waals surface area contributed by atoms with Crippen LogP contribution in [0.2, 0.25) is 5.02 Å². The fourth-order valence-electron chi connectivity index (χ4n) is 3.55. The molecule has 34 heavy (non-hydrogen) atoms. The molecule has 0 saturated carbocycles. The van der Waals surface area contributed by atoms with Crippen molar-refractivity contribution in [2.45, 2.75) is 6.92 Å². The average molecular weight is 495 g/mol. The van der Waals surface area contributed by atoms with Crippen LogP contribution in [0.5, 0.6) is 17.2 Å². The van der Waals surface area contributed by atoms with Gasteiger partial charge in [-0.3, -0.25) is 9.69 Å². The molecule has 4 aromatic rings. The van der Waals surface area contributed by atoms with Gasteiger partial charge in [-0.15, -0.1) is 0 Å². The van der Waals surface area contributed by atoms with E-state index in [1.807, 2.05) is 43.3 Å². The van der Waals surface area contributed by atoms with E-state index in [-0.39, 0.29) is 5.91 Å². The molecule has 0 radical (unpaired) electrons. The van der Waals surface area contributed by atoms with Crippen LogP contribution in [0.4, 0.5) is 10.8 Å². The number of halogens is 1. The van der Waals surface area contributed by atoms with Crippen LogP contribution in [-0.2, 0) is 4.79 Å². The van der Waals surface area contributed by atoms with Gasteiger partial charge in [0.2, 0.25) is 5.75 Å². The Bertz CT molecular complexity index is 1320. The number of fused-ring (bicyclic) bond motifs is 1. The first-order chi connectivity index (χ1) is 16.5. The zero-order valence-electron chi connectivity index (χ0n) is 19.2. The van der Waals surface area contributed by atoms with E-state index in [1.165, 1.54) is 17.4 Å². The molecule has 0 aliphatic heterocycles. The third-order valence-electron chi connectivity index (χ3n) is 5.28. The SMILES string of the molecule is COc1cc(C=CC(=O)N(c2nc3ccccc3s2)c2cccc(Cl)c2C)cc(OC)c1OC. The quantitative estimate of drug-likeness (QED) is 0.269. The monoisotopic (exact) mass is 494 g/mol. The minimum absolute atomic E-state index is 0.266. The number of rotatable bonds is 7. The maximum absolute atomic E-state index is 13.6. The molecule has 3 aromatic carbocycles. The normalized spacial score (nSPS) is 11.1. The van der Waals surface area contributed by atoms with Crippen molar-refractivity contribution in [3.63, 3.8) is 0 Å². The molecular weight excluding hydrogens is 472 g/mol. The van der Waals surface area contributed by atoms with Gasteiger partial charge in [0.15, 0.2) is 16.6 Å². The second-order valence-corrected chi connectivity index (χ2v) is 8.73. The summed E-state index contributed by atoms with van der Waals surface area (Å²) in [6.45, 7) is 1.88. The van der Waals surface area contributed by atoms with Crippen molar-refractivity contribution in [1.29, 1.82) is 0 Å². The Morgan fingerprint density at radius 2 is 1.71 bits per heavy atom. The molecule has 0 unspecified atom stereocenters. The fraction of sp³-hybridized carbons (Fsp3) is 0.154. The number of hydrogen-bond donors (Lipinski definition) is 0. The number of methoxy groups -OCH3 is 3. The molecule has 1 amide bonds. The third kappa shape index (κ3) is 4.58. The van der Waals surface area contributed by atoms with Crippen molar-refractivity contribution in [1.82, 2.24) is 4.98 Å². The lowest BCUT2D eigenvalue weighted by Gasteiger charge is -2.21. The van der Waals surface area contributed by atoms with Crippen LogP contribution >= 0.6 is 22.9 Å². The molecule has 0 aliphatic rings. The van der Waals surface area contributed by atoms with Crippen LogP contribution in [0.3, 0.4) is 0 Å². The number of thiazole rings is 1. The maximum Gasteiger partial charge on any atom is 0.257 e. The number of carbonyl (C=O) groups excluding carboxylic acids is 1. The van der Waals surface area contributed by atoms with Gasteiger partial charge >= 0.3 is 0 Å². The summed E-state index contributed by atoms with van der Waals surface area (Å²) in [5, 5.41) is 1.14. The number of amides is 1. The third-order valence-corrected chi connectivity index (χ3v) is 6.71. The highest BCUT2D eigenvalue weighted by molar-refractivity contribution is 7.22. The Hall–Kier alpha value is -3.55. The number of hydrogen-bond acceptors (Lipinski definition) is 6. The summed E-state index contributed by atoms with van der Waals surface area (Å²) in [6, 6.07) is 16.8. The summed E-state index contributed by atoms with van der Waals surface area (Å²) < 4.78 is 17.2. The maximum atomic E-state index is 13.6. The number of anilines is 2. The zero-order chi connectivity index (χ0) is 24.2. The summed E-state index contributed by atoms with van der Waals surface area (Å²) in [7, 11) is 4.64. The van der Waals surface area contributed by atoms with Gasteiger partial charge in [-0.2, -0.15) is 0 Å². The lowest BCUT2D eigenvalue weighted by Crippen LogP contribution is -2.24. The van der Waals surface area contributed by atoms with E-state index in [0.29, 0.717) is 33.1 Å². The molecule has 0 N–H and O–H groups in total. The Morgan fingerprint density at radius 1 is 1.00 bits per heavy atom. The molecular formula is C26H23ClN2O4S. The van der Waals surface area contributed by atoms with Crippen molar-refractivity contribution in [2.24, 2.45) is 0 Å². The van der Waals surface area contributed by atoms with Gasteiger partial charge in [0.25, 0.3) is 5.91 Å². The molecule has 0 bridgehead atoms. The average Bonchev–Trinajstić information content (AvgIpc) is 3.28. The lowest BCUT2D eigenvalue weighted by atomic mass is 10.1. The first-order valence-electron chi connectivity index (χ1n) is 10.4. The van der Waals surface area contributed by atoms with E-state index >= 15 is 0 Å². The molecule has 0 atom stereocenters. The first-order valence-corrected chi connectivity index (χ1v) is 11.6. The van der Waals surface area contributed by atoms with Gasteiger partial charge in [-0.05, 0) is 60.5 Å². The molecule has 4 rings (SSSR count). The highest BCUT2D eigenvalue weighted by Gasteiger charge is 2.22. The molecule has 6 nitrogen and oxygen atoms in total. The second-order valence-electron chi connectivity index (χ2n) is 7.31. The van der Waals surface area contributed by atoms with E-state index in [9.17, 15) is 4.79 Å². The van der Waals surface area contributed by atoms with E-state index < -0.39 is 0 Å². The number of ether oxygens (including phenoxy) is 3. The van der Waals surface area contributed by atoms with Crippen molar-refractivity contribution in [3.05, 3.63) is 76.8 Å². The molecule has 0 spiro atoms. The predicted molar refractivity (Wildman–Crippen MR) is 138 cm³/mol. The van der Waals surface area contributed by atoms with E-state index in [4.69, 9.17) is 30.8 Å². The van der Waals surface area contributed by atoms with Crippen LogP contribution in [0, 0.1) is 6.92 Å². The molecule has 1 heterocycles. The number of nitrogens with zero attached hydrogens (tertiary/aromatic N) is 2. The van der Waals surface area contributed by atoms with Crippen molar-refractivity contribution >= 4 is 56.0 Å². The lowest BCUT2D eigenvalue weighted by molar-refractivity contribution is -0.113. The Morgan fingerprint density at radius 3 is 2.35 bits per heavy atom. The highest BCUT2D eigenvalue weighted by Crippen LogP contribution is 2.39. The predicted octanol–water partition coefficient (Wildman–Crippen LogP) is 6.66. The van der Waals surface area contributed by atoms with Crippen LogP contribution in [0.15, 0.2) is 60.7 Å². The second kappa shape index (κ2) is 10.2. The van der Waals surface area contributed by atoms with Gasteiger partial charge in [-0.25, -0.2) is 4.98 Å².